The van der Waals surface area contributed by atoms with Crippen LogP contribution < -0.4 is 0 Å². The summed E-state index contributed by atoms with van der Waals surface area (Å²) in [7, 11) is 0. The lowest BCUT2D eigenvalue weighted by Crippen LogP contribution is -2.38. The van der Waals surface area contributed by atoms with Crippen molar-refractivity contribution in [3.8, 4) is 0 Å². The van der Waals surface area contributed by atoms with Crippen LogP contribution in [0, 0.1) is 0 Å². The molecule has 1 nitrogen and oxygen atoms in total. The van der Waals surface area contributed by atoms with Crippen LogP contribution in [0.1, 0.15) is 0 Å². The molecule has 0 aliphatic heterocycles. The van der Waals surface area contributed by atoms with Crippen molar-refractivity contribution in [2.45, 2.75) is 11.3 Å². The Kier molecular flexibility index (Phi) is 2.29. The number of hydrogen-bond acceptors (Lipinski definition) is 1. The lowest BCUT2D eigenvalue weighted by atomic mass is 10.4. The smallest absolute Gasteiger partial charge is 0.386 e. The first-order valence-electron chi connectivity index (χ1n) is 1.86. The van der Waals surface area contributed by atoms with Gasteiger partial charge in [-0.25, -0.2) is 0 Å². The van der Waals surface area contributed by atoms with Crippen LogP contribution in [0.25, 0.3) is 0 Å². The van der Waals surface area contributed by atoms with Gasteiger partial charge in [-0.2, -0.15) is 17.6 Å². The van der Waals surface area contributed by atoms with Crippen LogP contribution in [0.2, 0.25) is 0 Å². The van der Waals surface area contributed by atoms with E-state index in [1.807, 2.05) is 0 Å². The van der Waals surface area contributed by atoms with Crippen LogP contribution in [0.4, 0.5) is 17.6 Å². The third kappa shape index (κ3) is 1.98. The molecule has 9 heavy (non-hydrogen) atoms. The molecule has 0 heterocycles. The first-order chi connectivity index (χ1) is 3.81. The second kappa shape index (κ2) is 2.30. The minimum Gasteiger partial charge on any atom is -0.390 e. The lowest BCUT2D eigenvalue weighted by Gasteiger charge is -2.17. The Morgan fingerprint density at radius 3 is 1.56 bits per heavy atom. The second-order valence-electron chi connectivity index (χ2n) is 1.36. The van der Waals surface area contributed by atoms with Gasteiger partial charge in [-0.1, -0.05) is 0 Å². The second-order valence-corrected chi connectivity index (χ2v) is 1.84. The molecule has 0 saturated carbocycles. The van der Waals surface area contributed by atoms with Gasteiger partial charge in [0.15, 0.2) is 0 Å². The van der Waals surface area contributed by atoms with Gasteiger partial charge in [0, 0.05) is 0 Å². The van der Waals surface area contributed by atoms with Crippen molar-refractivity contribution in [3.05, 3.63) is 0 Å². The van der Waals surface area contributed by atoms with Crippen molar-refractivity contribution in [2.24, 2.45) is 0 Å². The summed E-state index contributed by atoms with van der Waals surface area (Å²) >= 11 is 3.88. The fourth-order valence-corrected chi connectivity index (χ4v) is 0.149. The highest BCUT2D eigenvalue weighted by Gasteiger charge is 2.54. The van der Waals surface area contributed by atoms with Gasteiger partial charge >= 0.3 is 11.3 Å². The van der Waals surface area contributed by atoms with E-state index < -0.39 is 17.9 Å². The summed E-state index contributed by atoms with van der Waals surface area (Å²) in [6.07, 6.45) is 0. The molecule has 0 aromatic heterocycles. The van der Waals surface area contributed by atoms with E-state index in [0.717, 1.165) is 0 Å². The zero-order chi connectivity index (χ0) is 7.71. The Balaban J connectivity index is 4.14. The molecule has 0 saturated heterocycles. The normalized spacial score (nSPS) is 14.0. The van der Waals surface area contributed by atoms with E-state index in [-0.39, 0.29) is 0 Å². The molecule has 0 aromatic rings. The average molecular weight is 167 g/mol. The molecule has 6 heteroatoms. The maximum absolute atomic E-state index is 11.5. The van der Waals surface area contributed by atoms with Crippen molar-refractivity contribution in [2.75, 3.05) is 6.61 Å². The maximum atomic E-state index is 11.5. The zero-order valence-corrected chi connectivity index (χ0v) is 4.80. The molecule has 0 radical (unpaired) electrons. The predicted octanol–water partition coefficient (Wildman–Crippen LogP) is 1.45. The monoisotopic (exact) mass is 166 g/mol. The molecule has 56 valence electrons. The van der Waals surface area contributed by atoms with E-state index in [4.69, 9.17) is 5.11 Å². The maximum Gasteiger partial charge on any atom is 0.386 e. The van der Waals surface area contributed by atoms with Crippen LogP contribution >= 0.6 is 11.6 Å². The number of hydrogen-bond donors (Lipinski definition) is 1. The third-order valence-corrected chi connectivity index (χ3v) is 0.890. The summed E-state index contributed by atoms with van der Waals surface area (Å²) in [6.45, 7) is -1.95. The molecule has 0 spiro atoms. The van der Waals surface area contributed by atoms with Crippen molar-refractivity contribution in [3.63, 3.8) is 0 Å². The van der Waals surface area contributed by atoms with Crippen LogP contribution in [-0.4, -0.2) is 23.0 Å². The van der Waals surface area contributed by atoms with Crippen molar-refractivity contribution >= 4 is 11.6 Å². The van der Waals surface area contributed by atoms with Crippen LogP contribution in [0.3, 0.4) is 0 Å². The summed E-state index contributed by atoms with van der Waals surface area (Å²) in [6, 6.07) is 0. The van der Waals surface area contributed by atoms with Gasteiger partial charge in [0.2, 0.25) is 0 Å². The highest BCUT2D eigenvalue weighted by atomic mass is 35.5. The SMILES string of the molecule is OCC(F)(F)C(F)(F)Cl. The van der Waals surface area contributed by atoms with E-state index in [0.29, 0.717) is 0 Å². The van der Waals surface area contributed by atoms with Crippen LogP contribution in [0.15, 0.2) is 0 Å². The minimum absolute atomic E-state index is 1.95. The van der Waals surface area contributed by atoms with Crippen LogP contribution in [-0.2, 0) is 0 Å². The fourth-order valence-electron chi connectivity index (χ4n) is 0.0896. The molecular formula is C3H3ClF4O. The Labute approximate surface area is 53.2 Å². The Hall–Kier alpha value is -0.0300. The summed E-state index contributed by atoms with van der Waals surface area (Å²) < 4.78 is 45.8. The Morgan fingerprint density at radius 1 is 1.22 bits per heavy atom. The van der Waals surface area contributed by atoms with Gasteiger partial charge in [-0.05, 0) is 11.6 Å². The summed E-state index contributed by atoms with van der Waals surface area (Å²) in [5.74, 6) is -4.53. The lowest BCUT2D eigenvalue weighted by molar-refractivity contribution is -0.178. The molecule has 0 aromatic carbocycles. The van der Waals surface area contributed by atoms with E-state index in [1.165, 1.54) is 0 Å². The molecule has 0 atom stereocenters. The van der Waals surface area contributed by atoms with Gasteiger partial charge in [0.1, 0.15) is 6.61 Å². The van der Waals surface area contributed by atoms with Gasteiger partial charge < -0.3 is 5.11 Å². The van der Waals surface area contributed by atoms with Gasteiger partial charge in [-0.15, -0.1) is 0 Å². The molecule has 0 unspecified atom stereocenters. The number of aliphatic hydroxyl groups excluding tert-OH is 1. The zero-order valence-electron chi connectivity index (χ0n) is 4.04. The number of alkyl halides is 5. The van der Waals surface area contributed by atoms with E-state index in [1.54, 1.807) is 0 Å². The molecule has 0 aliphatic rings. The largest absolute Gasteiger partial charge is 0.390 e. The first-order valence-corrected chi connectivity index (χ1v) is 2.24. The Morgan fingerprint density at radius 2 is 1.56 bits per heavy atom. The van der Waals surface area contributed by atoms with Crippen molar-refractivity contribution < 1.29 is 22.7 Å². The van der Waals surface area contributed by atoms with E-state index >= 15 is 0 Å². The van der Waals surface area contributed by atoms with Crippen LogP contribution in [0.5, 0.6) is 0 Å². The predicted molar refractivity (Wildman–Crippen MR) is 22.8 cm³/mol. The minimum atomic E-state index is -4.66. The highest BCUT2D eigenvalue weighted by molar-refractivity contribution is 6.22. The first kappa shape index (κ1) is 8.97. The molecule has 0 fully saturated rings. The summed E-state index contributed by atoms with van der Waals surface area (Å²) in [4.78, 5) is 0. The molecule has 0 rings (SSSR count). The number of halogens is 5. The quantitative estimate of drug-likeness (QED) is 0.486. The molecule has 0 amide bonds. The highest BCUT2D eigenvalue weighted by Crippen LogP contribution is 2.36. The third-order valence-electron chi connectivity index (χ3n) is 0.613. The number of aliphatic hydroxyl groups is 1. The van der Waals surface area contributed by atoms with Crippen molar-refractivity contribution in [1.82, 2.24) is 0 Å². The van der Waals surface area contributed by atoms with E-state index in [2.05, 4.69) is 11.6 Å². The molecular weight excluding hydrogens is 163 g/mol. The Bertz CT molecular complexity index is 98.5. The average Bonchev–Trinajstić information content (AvgIpc) is 1.64. The standard InChI is InChI=1S/C3H3ClF4O/c4-3(7,8)2(5,6)1-9/h9H,1H2. The van der Waals surface area contributed by atoms with E-state index in [9.17, 15) is 17.6 Å². The van der Waals surface area contributed by atoms with Gasteiger partial charge in [0.25, 0.3) is 0 Å². The summed E-state index contributed by atoms with van der Waals surface area (Å²) in [5, 5.41) is 2.95. The van der Waals surface area contributed by atoms with Crippen molar-refractivity contribution in [1.29, 1.82) is 0 Å². The molecule has 1 N–H and O–H groups in total. The van der Waals surface area contributed by atoms with Gasteiger partial charge in [-0.3, -0.25) is 0 Å². The topological polar surface area (TPSA) is 20.2 Å². The fraction of sp³-hybridized carbons (Fsp3) is 1.00. The van der Waals surface area contributed by atoms with Gasteiger partial charge in [0.05, 0.1) is 0 Å². The molecule has 0 aliphatic carbocycles. The number of rotatable bonds is 2. The summed E-state index contributed by atoms with van der Waals surface area (Å²) in [5.41, 5.74) is 0. The molecule has 0 bridgehead atoms.